The molecule has 47 heavy (non-hydrogen) atoms. The van der Waals surface area contributed by atoms with Gasteiger partial charge in [-0.15, -0.1) is 0 Å². The number of ether oxygens (including phenoxy) is 1. The van der Waals surface area contributed by atoms with Crippen LogP contribution in [0.1, 0.15) is 47.7 Å². The zero-order valence-corrected chi connectivity index (χ0v) is 27.4. The Labute approximate surface area is 271 Å². The van der Waals surface area contributed by atoms with Crippen molar-refractivity contribution < 1.29 is 27.5 Å². The highest BCUT2D eigenvalue weighted by molar-refractivity contribution is 7.92. The number of nitrogens with one attached hydrogen (secondary N) is 4. The van der Waals surface area contributed by atoms with Crippen molar-refractivity contribution in [2.24, 2.45) is 0 Å². The van der Waals surface area contributed by atoms with E-state index in [1.807, 2.05) is 26.0 Å². The van der Waals surface area contributed by atoms with E-state index in [9.17, 15) is 27.6 Å². The number of fused-ring (bicyclic) bond motifs is 10. The monoisotopic (exact) mass is 660 g/mol. The molecule has 0 spiro atoms. The molecule has 6 rings (SSSR count). The van der Waals surface area contributed by atoms with Crippen molar-refractivity contribution in [1.82, 2.24) is 20.2 Å². The van der Waals surface area contributed by atoms with Gasteiger partial charge in [-0.1, -0.05) is 12.1 Å². The summed E-state index contributed by atoms with van der Waals surface area (Å²) in [5.74, 6) is -0.986. The molecule has 0 fully saturated rings. The van der Waals surface area contributed by atoms with Crippen molar-refractivity contribution in [2.75, 3.05) is 24.3 Å². The molecule has 3 amide bonds. The Kier molecular flexibility index (Phi) is 9.33. The molecule has 3 aromatic carbocycles. The fourth-order valence-corrected chi connectivity index (χ4v) is 6.82. The molecule has 0 saturated heterocycles. The van der Waals surface area contributed by atoms with Crippen LogP contribution < -0.4 is 21.5 Å². The van der Waals surface area contributed by atoms with Crippen LogP contribution in [0.4, 0.5) is 16.2 Å². The van der Waals surface area contributed by atoms with Crippen molar-refractivity contribution >= 4 is 50.0 Å². The summed E-state index contributed by atoms with van der Waals surface area (Å²) in [4.78, 5) is 60.4. The highest BCUT2D eigenvalue weighted by Crippen LogP contribution is 2.29. The SMILES string of the molecule is COC(=O)N1CC(=O)Nc2ccc(S(=O)(=O)C(C)C)c(c2)CNC(=O)C(Nc2ccc3nc[nH]c(=O)c3c2)c2cc(C)c(c(C)c2)C1. The number of methoxy groups -OCH3 is 1. The van der Waals surface area contributed by atoms with Gasteiger partial charge in [0.05, 0.1) is 41.0 Å². The number of aromatic nitrogens is 2. The van der Waals surface area contributed by atoms with E-state index in [1.165, 1.54) is 36.5 Å². The van der Waals surface area contributed by atoms with E-state index in [-0.39, 0.29) is 35.7 Å². The lowest BCUT2D eigenvalue weighted by atomic mass is 9.94. The summed E-state index contributed by atoms with van der Waals surface area (Å²) in [6.45, 7) is 6.36. The van der Waals surface area contributed by atoms with Gasteiger partial charge < -0.3 is 25.7 Å². The van der Waals surface area contributed by atoms with Gasteiger partial charge in [0, 0.05) is 17.9 Å². The molecule has 1 unspecified atom stereocenters. The number of nitrogens with zero attached hydrogens (tertiary/aromatic N) is 2. The Morgan fingerprint density at radius 3 is 2.43 bits per heavy atom. The van der Waals surface area contributed by atoms with E-state index in [2.05, 4.69) is 25.9 Å². The summed E-state index contributed by atoms with van der Waals surface area (Å²) in [5, 5.41) is 8.45. The molecule has 0 radical (unpaired) electrons. The standard InChI is InChI=1S/C33H36N6O7S/c1-18(2)47(44,45)28-9-7-23-12-22(28)14-34-32(42)30(38-24-6-8-27-25(13-24)31(41)36-17-35-27)21-10-19(3)26(20(4)11-21)15-39(33(43)46-5)16-29(40)37-23/h6-13,17-18,30,38H,14-16H2,1-5H3,(H,34,42)(H,37,40)(H,35,36,41). The molecule has 246 valence electrons. The maximum atomic E-state index is 14.0. The van der Waals surface area contributed by atoms with E-state index >= 15 is 0 Å². The topological polar surface area (TPSA) is 180 Å². The van der Waals surface area contributed by atoms with Crippen LogP contribution in [0.5, 0.6) is 0 Å². The zero-order valence-electron chi connectivity index (χ0n) is 26.6. The molecule has 1 aromatic heterocycles. The summed E-state index contributed by atoms with van der Waals surface area (Å²) < 4.78 is 31.6. The zero-order chi connectivity index (χ0) is 34.0. The second-order valence-electron chi connectivity index (χ2n) is 11.7. The second-order valence-corrected chi connectivity index (χ2v) is 14.2. The normalized spacial score (nSPS) is 15.8. The fourth-order valence-electron chi connectivity index (χ4n) is 5.56. The number of hydrogen-bond acceptors (Lipinski definition) is 9. The van der Waals surface area contributed by atoms with Crippen LogP contribution in [0.2, 0.25) is 0 Å². The number of aromatic amines is 1. The van der Waals surface area contributed by atoms with Gasteiger partial charge in [-0.05, 0) is 91.9 Å². The number of anilines is 2. The molecule has 2 aliphatic rings. The molecule has 2 aliphatic heterocycles. The van der Waals surface area contributed by atoms with Gasteiger partial charge in [0.15, 0.2) is 9.84 Å². The number of rotatable bonds is 4. The molecule has 0 aliphatic carbocycles. The third kappa shape index (κ3) is 6.97. The van der Waals surface area contributed by atoms with Gasteiger partial charge in [0.2, 0.25) is 11.8 Å². The van der Waals surface area contributed by atoms with Crippen LogP contribution >= 0.6 is 0 Å². The quantitative estimate of drug-likeness (QED) is 0.254. The Hall–Kier alpha value is -5.24. The molecule has 4 bridgehead atoms. The summed E-state index contributed by atoms with van der Waals surface area (Å²) in [6.07, 6.45) is 0.610. The lowest BCUT2D eigenvalue weighted by Crippen LogP contribution is -2.38. The number of H-pyrrole nitrogens is 1. The third-order valence-electron chi connectivity index (χ3n) is 8.11. The predicted octanol–water partition coefficient (Wildman–Crippen LogP) is 3.71. The maximum absolute atomic E-state index is 14.0. The van der Waals surface area contributed by atoms with Gasteiger partial charge in [-0.2, -0.15) is 0 Å². The van der Waals surface area contributed by atoms with Gasteiger partial charge in [-0.3, -0.25) is 19.3 Å². The van der Waals surface area contributed by atoms with Gasteiger partial charge in [-0.25, -0.2) is 18.2 Å². The number of aryl methyl sites for hydroxylation is 2. The maximum Gasteiger partial charge on any atom is 0.410 e. The smallest absolute Gasteiger partial charge is 0.410 e. The molecule has 4 aromatic rings. The molecule has 13 nitrogen and oxygen atoms in total. The fraction of sp³-hybridized carbons (Fsp3) is 0.303. The molecule has 3 heterocycles. The van der Waals surface area contributed by atoms with E-state index in [4.69, 9.17) is 4.74 Å². The lowest BCUT2D eigenvalue weighted by Gasteiger charge is -2.26. The van der Waals surface area contributed by atoms with E-state index in [1.54, 1.807) is 32.0 Å². The Bertz CT molecular complexity index is 2040. The Balaban J connectivity index is 1.64. The molecule has 4 N–H and O–H groups in total. The predicted molar refractivity (Wildman–Crippen MR) is 177 cm³/mol. The van der Waals surface area contributed by atoms with Crippen LogP contribution in [-0.4, -0.2) is 60.1 Å². The second kappa shape index (κ2) is 13.2. The largest absolute Gasteiger partial charge is 0.453 e. The van der Waals surface area contributed by atoms with Crippen molar-refractivity contribution in [1.29, 1.82) is 0 Å². The first-order valence-electron chi connectivity index (χ1n) is 14.9. The highest BCUT2D eigenvalue weighted by Gasteiger charge is 2.28. The first-order chi connectivity index (χ1) is 22.3. The van der Waals surface area contributed by atoms with Gasteiger partial charge >= 0.3 is 6.09 Å². The Morgan fingerprint density at radius 1 is 1.02 bits per heavy atom. The number of benzene rings is 3. The average Bonchev–Trinajstić information content (AvgIpc) is 3.02. The minimum Gasteiger partial charge on any atom is -0.453 e. The summed E-state index contributed by atoms with van der Waals surface area (Å²) in [6, 6.07) is 12.0. The number of carbonyl (C=O) groups excluding carboxylic acids is 3. The summed E-state index contributed by atoms with van der Waals surface area (Å²) in [5.41, 5.74) is 4.07. The molecule has 14 heteroatoms. The lowest BCUT2D eigenvalue weighted by molar-refractivity contribution is -0.122. The third-order valence-corrected chi connectivity index (χ3v) is 10.4. The minimum absolute atomic E-state index is 0.0184. The van der Waals surface area contributed by atoms with Crippen molar-refractivity contribution in [3.05, 3.63) is 93.0 Å². The number of amides is 3. The highest BCUT2D eigenvalue weighted by atomic mass is 32.2. The van der Waals surface area contributed by atoms with Crippen LogP contribution in [0, 0.1) is 13.8 Å². The molecule has 0 saturated carbocycles. The minimum atomic E-state index is -3.77. The van der Waals surface area contributed by atoms with Crippen molar-refractivity contribution in [3.8, 4) is 0 Å². The number of hydrogen-bond donors (Lipinski definition) is 4. The van der Waals surface area contributed by atoms with Gasteiger partial charge in [0.25, 0.3) is 5.56 Å². The van der Waals surface area contributed by atoms with E-state index < -0.39 is 39.0 Å². The van der Waals surface area contributed by atoms with Crippen LogP contribution in [-0.2, 0) is 37.3 Å². The Morgan fingerprint density at radius 2 is 1.74 bits per heavy atom. The first kappa shape index (κ1) is 33.1. The van der Waals surface area contributed by atoms with Crippen LogP contribution in [0.15, 0.2) is 64.5 Å². The number of carbonyl (C=O) groups is 3. The van der Waals surface area contributed by atoms with Crippen LogP contribution in [0.25, 0.3) is 10.9 Å². The van der Waals surface area contributed by atoms with E-state index in [0.717, 1.165) is 16.7 Å². The van der Waals surface area contributed by atoms with Crippen molar-refractivity contribution in [3.63, 3.8) is 0 Å². The van der Waals surface area contributed by atoms with Gasteiger partial charge in [0.1, 0.15) is 12.6 Å². The average molecular weight is 661 g/mol. The van der Waals surface area contributed by atoms with Crippen LogP contribution in [0.3, 0.4) is 0 Å². The molecular formula is C33H36N6O7S. The number of sulfone groups is 1. The summed E-state index contributed by atoms with van der Waals surface area (Å²) >= 11 is 0. The van der Waals surface area contributed by atoms with E-state index in [0.29, 0.717) is 27.8 Å². The summed E-state index contributed by atoms with van der Waals surface area (Å²) in [7, 11) is -2.54. The first-order valence-corrected chi connectivity index (χ1v) is 16.4. The molecular weight excluding hydrogens is 624 g/mol. The molecule has 1 atom stereocenters. The van der Waals surface area contributed by atoms with Crippen molar-refractivity contribution in [2.45, 2.75) is 57.0 Å².